The normalized spacial score (nSPS) is 18.5. The van der Waals surface area contributed by atoms with E-state index in [-0.39, 0.29) is 18.4 Å². The van der Waals surface area contributed by atoms with Gasteiger partial charge in [-0.3, -0.25) is 9.59 Å². The van der Waals surface area contributed by atoms with Crippen molar-refractivity contribution < 1.29 is 24.2 Å². The fourth-order valence-electron chi connectivity index (χ4n) is 6.43. The van der Waals surface area contributed by atoms with Gasteiger partial charge in [-0.25, -0.2) is 0 Å². The molecule has 0 fully saturated rings. The van der Waals surface area contributed by atoms with Crippen LogP contribution in [0.5, 0.6) is 11.5 Å². The number of aliphatic carboxylic acids is 1. The fraction of sp³-hybridized carbons (Fsp3) is 0.778. The first-order valence-corrected chi connectivity index (χ1v) is 16.3. The number of esters is 1. The highest BCUT2D eigenvalue weighted by Gasteiger charge is 2.35. The van der Waals surface area contributed by atoms with Gasteiger partial charge in [0, 0.05) is 5.56 Å². The number of benzene rings is 1. The third-order valence-electron chi connectivity index (χ3n) is 9.31. The molecule has 5 heteroatoms. The van der Waals surface area contributed by atoms with Crippen molar-refractivity contribution in [3.8, 4) is 11.5 Å². The molecule has 3 unspecified atom stereocenters. The van der Waals surface area contributed by atoms with E-state index in [0.29, 0.717) is 5.75 Å². The summed E-state index contributed by atoms with van der Waals surface area (Å²) < 4.78 is 12.6. The second-order valence-corrected chi connectivity index (χ2v) is 14.8. The number of hydrogen-bond acceptors (Lipinski definition) is 4. The van der Waals surface area contributed by atoms with Gasteiger partial charge in [0.1, 0.15) is 17.1 Å². The summed E-state index contributed by atoms with van der Waals surface area (Å²) in [6.07, 6.45) is 13.4. The van der Waals surface area contributed by atoms with Crippen LogP contribution in [0.4, 0.5) is 0 Å². The summed E-state index contributed by atoms with van der Waals surface area (Å²) in [6, 6.07) is 0. The molecule has 1 N–H and O–H groups in total. The molecule has 0 saturated heterocycles. The Morgan fingerprint density at radius 2 is 1.44 bits per heavy atom. The van der Waals surface area contributed by atoms with E-state index >= 15 is 0 Å². The van der Waals surface area contributed by atoms with E-state index in [1.807, 2.05) is 13.8 Å². The number of fused-ring (bicyclic) bond motifs is 1. The fourth-order valence-corrected chi connectivity index (χ4v) is 6.43. The molecule has 2 rings (SSSR count). The maximum absolute atomic E-state index is 12.8. The quantitative estimate of drug-likeness (QED) is 0.148. The highest BCUT2D eigenvalue weighted by molar-refractivity contribution is 5.76. The van der Waals surface area contributed by atoms with Gasteiger partial charge in [0.05, 0.1) is 12.8 Å². The van der Waals surface area contributed by atoms with E-state index in [2.05, 4.69) is 41.5 Å². The third-order valence-corrected chi connectivity index (χ3v) is 9.31. The lowest BCUT2D eigenvalue weighted by Gasteiger charge is -2.38. The van der Waals surface area contributed by atoms with Crippen LogP contribution in [0.15, 0.2) is 0 Å². The van der Waals surface area contributed by atoms with Crippen LogP contribution in [0.3, 0.4) is 0 Å². The Hall–Kier alpha value is -2.04. The highest BCUT2D eigenvalue weighted by atomic mass is 16.5. The summed E-state index contributed by atoms with van der Waals surface area (Å²) in [5.41, 5.74) is 3.19. The van der Waals surface area contributed by atoms with Crippen LogP contribution < -0.4 is 9.47 Å². The standard InChI is InChI=1S/C36H60O5/c1-24(2)14-11-15-25(3)16-12-17-26(4)18-13-20-36(10)21-19-30-29(7)33(27(5)28(6)34(30)41-36)40-32(39)23-35(8,9)22-31(37)38/h24-26H,11-23H2,1-10H3,(H,37,38). The van der Waals surface area contributed by atoms with Gasteiger partial charge in [0.15, 0.2) is 0 Å². The minimum absolute atomic E-state index is 0.0542. The Bertz CT molecular complexity index is 1020. The molecule has 0 bridgehead atoms. The number of hydrogen-bond donors (Lipinski definition) is 1. The van der Waals surface area contributed by atoms with Crippen molar-refractivity contribution in [1.29, 1.82) is 0 Å². The van der Waals surface area contributed by atoms with Crippen molar-refractivity contribution in [2.75, 3.05) is 0 Å². The van der Waals surface area contributed by atoms with E-state index in [0.717, 1.165) is 65.0 Å². The number of rotatable bonds is 17. The third kappa shape index (κ3) is 11.3. The number of ether oxygens (including phenoxy) is 2. The molecule has 0 aliphatic carbocycles. The van der Waals surface area contributed by atoms with Crippen LogP contribution in [0.25, 0.3) is 0 Å². The lowest BCUT2D eigenvalue weighted by Crippen LogP contribution is -2.37. The Labute approximate surface area is 251 Å². The summed E-state index contributed by atoms with van der Waals surface area (Å²) in [6.45, 7) is 21.3. The summed E-state index contributed by atoms with van der Waals surface area (Å²) >= 11 is 0. The zero-order chi connectivity index (χ0) is 31.0. The van der Waals surface area contributed by atoms with Crippen molar-refractivity contribution in [3.05, 3.63) is 22.3 Å². The Morgan fingerprint density at radius 1 is 0.878 bits per heavy atom. The van der Waals surface area contributed by atoms with Crippen LogP contribution >= 0.6 is 0 Å². The molecular formula is C36H60O5. The van der Waals surface area contributed by atoms with Crippen molar-refractivity contribution in [2.24, 2.45) is 23.2 Å². The van der Waals surface area contributed by atoms with Crippen LogP contribution in [-0.2, 0) is 16.0 Å². The molecule has 0 spiro atoms. The van der Waals surface area contributed by atoms with Gasteiger partial charge in [-0.1, -0.05) is 86.5 Å². The Morgan fingerprint density at radius 3 is 2.00 bits per heavy atom. The average Bonchev–Trinajstić information content (AvgIpc) is 2.83. The van der Waals surface area contributed by atoms with Gasteiger partial charge in [-0.15, -0.1) is 0 Å². The maximum atomic E-state index is 12.8. The van der Waals surface area contributed by atoms with E-state index in [4.69, 9.17) is 14.6 Å². The zero-order valence-corrected chi connectivity index (χ0v) is 28.0. The van der Waals surface area contributed by atoms with Crippen LogP contribution in [-0.4, -0.2) is 22.6 Å². The minimum Gasteiger partial charge on any atom is -0.487 e. The summed E-state index contributed by atoms with van der Waals surface area (Å²) in [4.78, 5) is 23.9. The SMILES string of the molecule is Cc1c(C)c2c(c(C)c1OC(=O)CC(C)(C)CC(=O)O)CCC(C)(CCCC(C)CCCC(C)CCCC(C)C)O2. The Kier molecular flexibility index (Phi) is 13.2. The first kappa shape index (κ1) is 35.2. The second-order valence-electron chi connectivity index (χ2n) is 14.8. The van der Waals surface area contributed by atoms with E-state index in [1.54, 1.807) is 13.8 Å². The molecule has 1 aliphatic heterocycles. The largest absolute Gasteiger partial charge is 0.487 e. The van der Waals surface area contributed by atoms with Crippen molar-refractivity contribution in [3.63, 3.8) is 0 Å². The number of carbonyl (C=O) groups excluding carboxylic acids is 1. The molecule has 1 aromatic carbocycles. The number of carbonyl (C=O) groups is 2. The van der Waals surface area contributed by atoms with Crippen molar-refractivity contribution >= 4 is 11.9 Å². The van der Waals surface area contributed by atoms with Crippen LogP contribution in [0.1, 0.15) is 148 Å². The molecule has 0 amide bonds. The first-order chi connectivity index (χ1) is 19.0. The second kappa shape index (κ2) is 15.4. The molecule has 0 aromatic heterocycles. The molecule has 3 atom stereocenters. The smallest absolute Gasteiger partial charge is 0.311 e. The predicted molar refractivity (Wildman–Crippen MR) is 169 cm³/mol. The molecule has 1 aromatic rings. The summed E-state index contributed by atoms with van der Waals surface area (Å²) in [5, 5.41) is 9.16. The van der Waals surface area contributed by atoms with E-state index < -0.39 is 17.4 Å². The van der Waals surface area contributed by atoms with Gasteiger partial charge in [0.2, 0.25) is 0 Å². The maximum Gasteiger partial charge on any atom is 0.311 e. The van der Waals surface area contributed by atoms with Crippen molar-refractivity contribution in [2.45, 2.75) is 158 Å². The van der Waals surface area contributed by atoms with E-state index in [1.165, 1.54) is 51.4 Å². The molecule has 5 nitrogen and oxygen atoms in total. The van der Waals surface area contributed by atoms with E-state index in [9.17, 15) is 9.59 Å². The van der Waals surface area contributed by atoms with Gasteiger partial charge in [0.25, 0.3) is 0 Å². The number of carboxylic acids is 1. The molecule has 0 radical (unpaired) electrons. The first-order valence-electron chi connectivity index (χ1n) is 16.3. The molecule has 0 saturated carbocycles. The van der Waals surface area contributed by atoms with Gasteiger partial charge < -0.3 is 14.6 Å². The molecule has 41 heavy (non-hydrogen) atoms. The summed E-state index contributed by atoms with van der Waals surface area (Å²) in [5.74, 6) is 2.68. The minimum atomic E-state index is -0.910. The van der Waals surface area contributed by atoms with Gasteiger partial charge >= 0.3 is 11.9 Å². The average molecular weight is 573 g/mol. The van der Waals surface area contributed by atoms with Crippen LogP contribution in [0, 0.1) is 43.9 Å². The Balaban J connectivity index is 1.92. The topological polar surface area (TPSA) is 72.8 Å². The predicted octanol–water partition coefficient (Wildman–Crippen LogP) is 9.93. The van der Waals surface area contributed by atoms with Gasteiger partial charge in [-0.05, 0) is 93.2 Å². The molecule has 234 valence electrons. The van der Waals surface area contributed by atoms with Crippen LogP contribution in [0.2, 0.25) is 0 Å². The molecule has 1 heterocycles. The van der Waals surface area contributed by atoms with Gasteiger partial charge in [-0.2, -0.15) is 0 Å². The molecule has 1 aliphatic rings. The highest BCUT2D eigenvalue weighted by Crippen LogP contribution is 2.45. The summed E-state index contributed by atoms with van der Waals surface area (Å²) in [7, 11) is 0. The monoisotopic (exact) mass is 572 g/mol. The lowest BCUT2D eigenvalue weighted by molar-refractivity contribution is -0.141. The molecular weight excluding hydrogens is 512 g/mol. The number of carboxylic acid groups (broad SMARTS) is 1. The lowest BCUT2D eigenvalue weighted by atomic mass is 9.83. The van der Waals surface area contributed by atoms with Crippen molar-refractivity contribution in [1.82, 2.24) is 0 Å². The zero-order valence-electron chi connectivity index (χ0n) is 28.0.